The summed E-state index contributed by atoms with van der Waals surface area (Å²) in [6.07, 6.45) is 4.78. The highest BCUT2D eigenvalue weighted by atomic mass is 32.2. The van der Waals surface area contributed by atoms with Crippen molar-refractivity contribution in [3.05, 3.63) is 29.8 Å². The minimum Gasteiger partial charge on any atom is -0.478 e. The zero-order valence-corrected chi connectivity index (χ0v) is 12.0. The number of aromatic carboxylic acids is 1. The fourth-order valence-corrected chi connectivity index (χ4v) is 4.79. The van der Waals surface area contributed by atoms with E-state index in [-0.39, 0.29) is 16.4 Å². The van der Waals surface area contributed by atoms with Crippen molar-refractivity contribution in [2.24, 2.45) is 0 Å². The van der Waals surface area contributed by atoms with E-state index in [9.17, 15) is 14.1 Å². The molecular weight excluding hydrogens is 276 g/mol. The second kappa shape index (κ2) is 5.30. The Morgan fingerprint density at radius 2 is 2.10 bits per heavy atom. The standard InChI is InChI=1S/C15H18O4S/c16-14(17)12-4-1-2-5-13(12)20(18)11-6-9-19-15(10-11)7-3-8-15/h1-2,4-5,11H,3,6-10H2,(H,16,17). The second-order valence-electron chi connectivity index (χ2n) is 5.60. The van der Waals surface area contributed by atoms with E-state index in [1.54, 1.807) is 18.2 Å². The first-order chi connectivity index (χ1) is 9.61. The van der Waals surface area contributed by atoms with Crippen LogP contribution in [0.15, 0.2) is 29.2 Å². The van der Waals surface area contributed by atoms with E-state index in [2.05, 4.69) is 0 Å². The van der Waals surface area contributed by atoms with Gasteiger partial charge in [0.1, 0.15) is 0 Å². The lowest BCUT2D eigenvalue weighted by atomic mass is 9.75. The summed E-state index contributed by atoms with van der Waals surface area (Å²) in [5.74, 6) is -1.01. The van der Waals surface area contributed by atoms with Gasteiger partial charge in [0.05, 0.1) is 26.9 Å². The lowest BCUT2D eigenvalue weighted by molar-refractivity contribution is -0.125. The minimum atomic E-state index is -1.28. The largest absolute Gasteiger partial charge is 0.478 e. The van der Waals surface area contributed by atoms with Gasteiger partial charge in [0.2, 0.25) is 0 Å². The van der Waals surface area contributed by atoms with Crippen molar-refractivity contribution in [1.29, 1.82) is 0 Å². The zero-order chi connectivity index (χ0) is 14.2. The normalized spacial score (nSPS) is 25.9. The fourth-order valence-electron chi connectivity index (χ4n) is 3.08. The van der Waals surface area contributed by atoms with Crippen LogP contribution in [0, 0.1) is 0 Å². The van der Waals surface area contributed by atoms with Crippen LogP contribution >= 0.6 is 0 Å². The van der Waals surface area contributed by atoms with Crippen LogP contribution < -0.4 is 0 Å². The molecule has 2 aliphatic rings. The highest BCUT2D eigenvalue weighted by molar-refractivity contribution is 7.85. The van der Waals surface area contributed by atoms with Crippen molar-refractivity contribution in [1.82, 2.24) is 0 Å². The van der Waals surface area contributed by atoms with Gasteiger partial charge in [0.25, 0.3) is 0 Å². The third-order valence-corrected chi connectivity index (χ3v) is 6.15. The Kier molecular flexibility index (Phi) is 3.65. The molecule has 1 aliphatic heterocycles. The van der Waals surface area contributed by atoms with Crippen LogP contribution in [0.2, 0.25) is 0 Å². The van der Waals surface area contributed by atoms with Crippen LogP contribution in [0.4, 0.5) is 0 Å². The first-order valence-corrected chi connectivity index (χ1v) is 8.19. The van der Waals surface area contributed by atoms with Gasteiger partial charge in [-0.05, 0) is 44.2 Å². The molecule has 0 radical (unpaired) electrons. The third kappa shape index (κ3) is 2.40. The molecule has 0 amide bonds. The Balaban J connectivity index is 1.83. The Labute approximate surface area is 120 Å². The quantitative estimate of drug-likeness (QED) is 0.930. The smallest absolute Gasteiger partial charge is 0.336 e. The summed E-state index contributed by atoms with van der Waals surface area (Å²) in [7, 11) is -1.28. The summed E-state index contributed by atoms with van der Waals surface area (Å²) in [6, 6.07) is 6.61. The Morgan fingerprint density at radius 3 is 2.75 bits per heavy atom. The van der Waals surface area contributed by atoms with Crippen LogP contribution in [0.25, 0.3) is 0 Å². The lowest BCUT2D eigenvalue weighted by Gasteiger charge is -2.46. The molecule has 108 valence electrons. The summed E-state index contributed by atoms with van der Waals surface area (Å²) in [5.41, 5.74) is 0.0801. The van der Waals surface area contributed by atoms with Crippen molar-refractivity contribution < 1.29 is 18.8 Å². The summed E-state index contributed by atoms with van der Waals surface area (Å²) >= 11 is 0. The van der Waals surface area contributed by atoms with Crippen LogP contribution in [0.1, 0.15) is 42.5 Å². The zero-order valence-electron chi connectivity index (χ0n) is 11.2. The average Bonchev–Trinajstić information content (AvgIpc) is 2.45. The number of benzene rings is 1. The van der Waals surface area contributed by atoms with Gasteiger partial charge in [0.15, 0.2) is 0 Å². The first kappa shape index (κ1) is 13.8. The molecule has 2 unspecified atom stereocenters. The Morgan fingerprint density at radius 1 is 1.35 bits per heavy atom. The molecule has 1 aromatic carbocycles. The van der Waals surface area contributed by atoms with Crippen LogP contribution in [-0.2, 0) is 15.5 Å². The number of hydrogen-bond acceptors (Lipinski definition) is 3. The summed E-state index contributed by atoms with van der Waals surface area (Å²) < 4.78 is 18.6. The van der Waals surface area contributed by atoms with Gasteiger partial charge in [-0.3, -0.25) is 4.21 Å². The number of ether oxygens (including phenoxy) is 1. The number of carboxylic acids is 1. The van der Waals surface area contributed by atoms with E-state index in [1.165, 1.54) is 12.5 Å². The predicted molar refractivity (Wildman–Crippen MR) is 75.4 cm³/mol. The van der Waals surface area contributed by atoms with E-state index in [4.69, 9.17) is 4.74 Å². The maximum absolute atomic E-state index is 12.7. The minimum absolute atomic E-state index is 0.00421. The topological polar surface area (TPSA) is 63.6 Å². The van der Waals surface area contributed by atoms with Gasteiger partial charge in [-0.2, -0.15) is 0 Å². The fraction of sp³-hybridized carbons (Fsp3) is 0.533. The van der Waals surface area contributed by atoms with Crippen molar-refractivity contribution in [3.8, 4) is 0 Å². The molecule has 5 heteroatoms. The van der Waals surface area contributed by atoms with E-state index in [1.807, 2.05) is 0 Å². The molecule has 0 bridgehead atoms. The van der Waals surface area contributed by atoms with Gasteiger partial charge in [-0.25, -0.2) is 4.79 Å². The number of rotatable bonds is 3. The molecule has 1 aromatic rings. The van der Waals surface area contributed by atoms with Crippen LogP contribution in [0.3, 0.4) is 0 Å². The first-order valence-electron chi connectivity index (χ1n) is 6.98. The Bertz CT molecular complexity index is 551. The molecule has 1 heterocycles. The van der Waals surface area contributed by atoms with E-state index >= 15 is 0 Å². The predicted octanol–water partition coefficient (Wildman–Crippen LogP) is 2.59. The summed E-state index contributed by atoms with van der Waals surface area (Å²) in [4.78, 5) is 11.7. The molecule has 1 N–H and O–H groups in total. The van der Waals surface area contributed by atoms with Crippen molar-refractivity contribution in [2.75, 3.05) is 6.61 Å². The highest BCUT2D eigenvalue weighted by Crippen LogP contribution is 2.44. The van der Waals surface area contributed by atoms with Crippen LogP contribution in [0.5, 0.6) is 0 Å². The van der Waals surface area contributed by atoms with Crippen molar-refractivity contribution in [2.45, 2.75) is 47.9 Å². The molecule has 1 saturated heterocycles. The van der Waals surface area contributed by atoms with E-state index in [0.717, 1.165) is 25.7 Å². The molecule has 0 aromatic heterocycles. The molecule has 2 atom stereocenters. The summed E-state index contributed by atoms with van der Waals surface area (Å²) in [6.45, 7) is 0.631. The molecule has 1 spiro atoms. The SMILES string of the molecule is O=C(O)c1ccccc1S(=O)C1CCOC2(CCC2)C1. The van der Waals surface area contributed by atoms with Gasteiger partial charge < -0.3 is 9.84 Å². The molecule has 4 nitrogen and oxygen atoms in total. The van der Waals surface area contributed by atoms with Crippen LogP contribution in [-0.4, -0.2) is 32.7 Å². The molecule has 3 rings (SSSR count). The molecule has 2 fully saturated rings. The average molecular weight is 294 g/mol. The molecule has 1 saturated carbocycles. The maximum atomic E-state index is 12.7. The second-order valence-corrected chi connectivity index (χ2v) is 7.30. The Hall–Kier alpha value is -1.20. The number of carboxylic acid groups (broad SMARTS) is 1. The lowest BCUT2D eigenvalue weighted by Crippen LogP contribution is -2.48. The molecular formula is C15H18O4S. The van der Waals surface area contributed by atoms with Gasteiger partial charge in [-0.15, -0.1) is 0 Å². The highest BCUT2D eigenvalue weighted by Gasteiger charge is 2.44. The van der Waals surface area contributed by atoms with Crippen molar-refractivity contribution in [3.63, 3.8) is 0 Å². The maximum Gasteiger partial charge on any atom is 0.336 e. The third-order valence-electron chi connectivity index (χ3n) is 4.35. The molecule has 1 aliphatic carbocycles. The van der Waals surface area contributed by atoms with Gasteiger partial charge >= 0.3 is 5.97 Å². The van der Waals surface area contributed by atoms with Crippen molar-refractivity contribution >= 4 is 16.8 Å². The van der Waals surface area contributed by atoms with Gasteiger partial charge in [-0.1, -0.05) is 12.1 Å². The number of hydrogen-bond donors (Lipinski definition) is 1. The van der Waals surface area contributed by atoms with E-state index < -0.39 is 16.8 Å². The number of carbonyl (C=O) groups is 1. The monoisotopic (exact) mass is 294 g/mol. The van der Waals surface area contributed by atoms with E-state index in [0.29, 0.717) is 11.5 Å². The summed E-state index contributed by atoms with van der Waals surface area (Å²) in [5, 5.41) is 9.22. The molecule has 20 heavy (non-hydrogen) atoms. The van der Waals surface area contributed by atoms with Gasteiger partial charge in [0, 0.05) is 11.9 Å².